The van der Waals surface area contributed by atoms with Gasteiger partial charge in [-0.15, -0.1) is 0 Å². The number of likely N-dealkylation sites (N-methyl/N-ethyl adjacent to an activating group) is 1. The Morgan fingerprint density at radius 2 is 1.62 bits per heavy atom. The zero-order chi connectivity index (χ0) is 22.3. The molecule has 1 saturated heterocycles. The molecule has 5 heteroatoms. The zero-order valence-corrected chi connectivity index (χ0v) is 18.2. The molecule has 0 saturated carbocycles. The molecule has 0 radical (unpaired) electrons. The van der Waals surface area contributed by atoms with Crippen molar-refractivity contribution in [2.24, 2.45) is 0 Å². The summed E-state index contributed by atoms with van der Waals surface area (Å²) in [5.41, 5.74) is 1.89. The van der Waals surface area contributed by atoms with Crippen molar-refractivity contribution < 1.29 is 14.3 Å². The van der Waals surface area contributed by atoms with E-state index in [9.17, 15) is 9.59 Å². The molecule has 3 atom stereocenters. The summed E-state index contributed by atoms with van der Waals surface area (Å²) in [4.78, 5) is 29.0. The first-order valence-electron chi connectivity index (χ1n) is 10.8. The number of carbonyl (C=O) groups excluding carboxylic acids is 2. The minimum absolute atomic E-state index is 0.00103. The molecule has 1 fully saturated rings. The number of nitrogens with zero attached hydrogens (tertiary/aromatic N) is 1. The summed E-state index contributed by atoms with van der Waals surface area (Å²) in [6.45, 7) is 0. The predicted octanol–water partition coefficient (Wildman–Crippen LogP) is 3.79. The standard InChI is InChI=1S/C27H26N2O3/c1-29-22-16-10-9-15-21(22)27(24(29)30)18-26(25(31)32-2,17-19-11-5-3-6-12-19)28-23(27)20-13-7-4-8-14-20/h3-16,23,28H,17-18H2,1-2H3/t23-,26?,27+/m0/s1. The van der Waals surface area contributed by atoms with E-state index in [4.69, 9.17) is 4.74 Å². The van der Waals surface area contributed by atoms with Crippen molar-refractivity contribution in [2.75, 3.05) is 19.1 Å². The third kappa shape index (κ3) is 2.88. The second-order valence-corrected chi connectivity index (χ2v) is 8.75. The van der Waals surface area contributed by atoms with E-state index in [-0.39, 0.29) is 17.9 Å². The van der Waals surface area contributed by atoms with Crippen LogP contribution >= 0.6 is 0 Å². The normalized spacial score (nSPS) is 26.4. The zero-order valence-electron chi connectivity index (χ0n) is 18.2. The lowest BCUT2D eigenvalue weighted by Gasteiger charge is -2.30. The average Bonchev–Trinajstić information content (AvgIpc) is 3.30. The molecule has 2 heterocycles. The summed E-state index contributed by atoms with van der Waals surface area (Å²) in [6, 6.07) is 27.3. The van der Waals surface area contributed by atoms with Gasteiger partial charge in [0.2, 0.25) is 5.91 Å². The number of hydrogen-bond acceptors (Lipinski definition) is 4. The fraction of sp³-hybridized carbons (Fsp3) is 0.259. The summed E-state index contributed by atoms with van der Waals surface area (Å²) >= 11 is 0. The van der Waals surface area contributed by atoms with Crippen LogP contribution in [0, 0.1) is 0 Å². The van der Waals surface area contributed by atoms with Crippen molar-refractivity contribution in [2.45, 2.75) is 29.8 Å². The van der Waals surface area contributed by atoms with Gasteiger partial charge in [-0.1, -0.05) is 78.9 Å². The molecular weight excluding hydrogens is 400 g/mol. The van der Waals surface area contributed by atoms with Crippen LogP contribution in [0.25, 0.3) is 0 Å². The first kappa shape index (κ1) is 20.5. The number of hydrogen-bond donors (Lipinski definition) is 1. The number of para-hydroxylation sites is 1. The maximum Gasteiger partial charge on any atom is 0.326 e. The second-order valence-electron chi connectivity index (χ2n) is 8.75. The fourth-order valence-corrected chi connectivity index (χ4v) is 5.62. The predicted molar refractivity (Wildman–Crippen MR) is 123 cm³/mol. The minimum Gasteiger partial charge on any atom is -0.468 e. The summed E-state index contributed by atoms with van der Waals surface area (Å²) in [6.07, 6.45) is 0.756. The van der Waals surface area contributed by atoms with E-state index in [1.807, 2.05) is 92.0 Å². The number of ether oxygens (including phenoxy) is 1. The van der Waals surface area contributed by atoms with Gasteiger partial charge in [0.15, 0.2) is 0 Å². The van der Waals surface area contributed by atoms with Gasteiger partial charge < -0.3 is 9.64 Å². The first-order chi connectivity index (χ1) is 15.5. The summed E-state index contributed by atoms with van der Waals surface area (Å²) in [5, 5.41) is 3.62. The molecule has 1 amide bonds. The Labute approximate surface area is 188 Å². The van der Waals surface area contributed by atoms with Gasteiger partial charge in [-0.3, -0.25) is 14.9 Å². The Bertz CT molecular complexity index is 1160. The Morgan fingerprint density at radius 3 is 2.31 bits per heavy atom. The van der Waals surface area contributed by atoms with E-state index in [1.165, 1.54) is 7.11 Å². The Morgan fingerprint density at radius 1 is 1.00 bits per heavy atom. The summed E-state index contributed by atoms with van der Waals surface area (Å²) < 4.78 is 5.32. The molecular formula is C27H26N2O3. The highest BCUT2D eigenvalue weighted by molar-refractivity contribution is 6.09. The van der Waals surface area contributed by atoms with Gasteiger partial charge in [0.1, 0.15) is 5.54 Å². The third-order valence-corrected chi connectivity index (χ3v) is 6.98. The van der Waals surface area contributed by atoms with Gasteiger partial charge in [0.05, 0.1) is 18.6 Å². The van der Waals surface area contributed by atoms with Crippen molar-refractivity contribution in [3.63, 3.8) is 0 Å². The number of esters is 1. The number of amides is 1. The van der Waals surface area contributed by atoms with Gasteiger partial charge in [-0.25, -0.2) is 0 Å². The van der Waals surface area contributed by atoms with Gasteiger partial charge in [-0.05, 0) is 29.2 Å². The maximum atomic E-state index is 14.0. The largest absolute Gasteiger partial charge is 0.468 e. The van der Waals surface area contributed by atoms with Crippen LogP contribution in [0.5, 0.6) is 0 Å². The highest BCUT2D eigenvalue weighted by Gasteiger charge is 2.66. The molecule has 2 aliphatic heterocycles. The van der Waals surface area contributed by atoms with Crippen molar-refractivity contribution in [3.05, 3.63) is 102 Å². The smallest absolute Gasteiger partial charge is 0.326 e. The average molecular weight is 427 g/mol. The van der Waals surface area contributed by atoms with Crippen molar-refractivity contribution in [3.8, 4) is 0 Å². The number of anilines is 1. The number of nitrogens with one attached hydrogen (secondary N) is 1. The number of fused-ring (bicyclic) bond motifs is 2. The van der Waals surface area contributed by atoms with E-state index in [1.54, 1.807) is 4.90 Å². The SMILES string of the molecule is COC(=O)C1(Cc2ccccc2)C[C@]2(C(=O)N(C)c3ccccc32)[C@H](c2ccccc2)N1. The number of rotatable bonds is 4. The second kappa shape index (κ2) is 7.61. The van der Waals surface area contributed by atoms with Gasteiger partial charge >= 0.3 is 5.97 Å². The quantitative estimate of drug-likeness (QED) is 0.645. The topological polar surface area (TPSA) is 58.6 Å². The van der Waals surface area contributed by atoms with Gasteiger partial charge in [0.25, 0.3) is 0 Å². The number of methoxy groups -OCH3 is 1. The monoisotopic (exact) mass is 426 g/mol. The van der Waals surface area contributed by atoms with Crippen LogP contribution in [0.2, 0.25) is 0 Å². The van der Waals surface area contributed by atoms with Crippen LogP contribution in [0.3, 0.4) is 0 Å². The number of benzene rings is 3. The van der Waals surface area contributed by atoms with E-state index in [0.717, 1.165) is 22.4 Å². The third-order valence-electron chi connectivity index (χ3n) is 6.98. The van der Waals surface area contributed by atoms with E-state index >= 15 is 0 Å². The molecule has 1 unspecified atom stereocenters. The molecule has 32 heavy (non-hydrogen) atoms. The summed E-state index contributed by atoms with van der Waals surface area (Å²) in [7, 11) is 3.23. The highest BCUT2D eigenvalue weighted by Crippen LogP contribution is 2.57. The molecule has 2 aliphatic rings. The molecule has 0 aromatic heterocycles. The van der Waals surface area contributed by atoms with Crippen LogP contribution < -0.4 is 10.2 Å². The molecule has 5 rings (SSSR count). The van der Waals surface area contributed by atoms with Crippen LogP contribution in [-0.4, -0.2) is 31.6 Å². The molecule has 1 spiro atoms. The van der Waals surface area contributed by atoms with Gasteiger partial charge in [0, 0.05) is 19.2 Å². The van der Waals surface area contributed by atoms with Crippen LogP contribution in [0.1, 0.15) is 29.2 Å². The molecule has 1 N–H and O–H groups in total. The lowest BCUT2D eigenvalue weighted by molar-refractivity contribution is -0.148. The fourth-order valence-electron chi connectivity index (χ4n) is 5.62. The van der Waals surface area contributed by atoms with E-state index in [0.29, 0.717) is 12.8 Å². The Kier molecular flexibility index (Phi) is 4.86. The molecule has 0 aliphatic carbocycles. The van der Waals surface area contributed by atoms with Crippen molar-refractivity contribution in [1.29, 1.82) is 0 Å². The Balaban J connectivity index is 1.72. The first-order valence-corrected chi connectivity index (χ1v) is 10.8. The molecule has 162 valence electrons. The highest BCUT2D eigenvalue weighted by atomic mass is 16.5. The van der Waals surface area contributed by atoms with Crippen molar-refractivity contribution in [1.82, 2.24) is 5.32 Å². The summed E-state index contributed by atoms with van der Waals surface area (Å²) in [5.74, 6) is -0.349. The van der Waals surface area contributed by atoms with E-state index in [2.05, 4.69) is 5.32 Å². The lowest BCUT2D eigenvalue weighted by atomic mass is 9.69. The lowest BCUT2D eigenvalue weighted by Crippen LogP contribution is -2.50. The minimum atomic E-state index is -1.04. The maximum absolute atomic E-state index is 14.0. The molecule has 3 aromatic carbocycles. The van der Waals surface area contributed by atoms with Crippen LogP contribution in [0.15, 0.2) is 84.9 Å². The molecule has 5 nitrogen and oxygen atoms in total. The van der Waals surface area contributed by atoms with Crippen molar-refractivity contribution >= 4 is 17.6 Å². The number of carbonyl (C=O) groups is 2. The van der Waals surface area contributed by atoms with Gasteiger partial charge in [-0.2, -0.15) is 0 Å². The van der Waals surface area contributed by atoms with Crippen LogP contribution in [-0.2, 0) is 26.2 Å². The van der Waals surface area contributed by atoms with E-state index < -0.39 is 11.0 Å². The Hall–Kier alpha value is -3.44. The van der Waals surface area contributed by atoms with Crippen LogP contribution in [0.4, 0.5) is 5.69 Å². The molecule has 3 aromatic rings. The molecule has 0 bridgehead atoms.